The lowest BCUT2D eigenvalue weighted by Crippen LogP contribution is -2.36. The lowest BCUT2D eigenvalue weighted by molar-refractivity contribution is 0.122. The van der Waals surface area contributed by atoms with E-state index in [4.69, 9.17) is 9.47 Å². The summed E-state index contributed by atoms with van der Waals surface area (Å²) in [6, 6.07) is 6.42. The molecule has 186 valence electrons. The maximum atomic E-state index is 10.6. The molecule has 5 rings (SSSR count). The quantitative estimate of drug-likeness (QED) is 0.488. The van der Waals surface area contributed by atoms with E-state index < -0.39 is 0 Å². The minimum absolute atomic E-state index is 0.0115. The summed E-state index contributed by atoms with van der Waals surface area (Å²) in [5.41, 5.74) is 2.92. The van der Waals surface area contributed by atoms with Crippen LogP contribution in [0.25, 0.3) is 11.0 Å². The fraction of sp³-hybridized carbons (Fsp3) is 0.480. The van der Waals surface area contributed by atoms with E-state index >= 15 is 0 Å². The van der Waals surface area contributed by atoms with Crippen molar-refractivity contribution in [3.8, 4) is 11.6 Å². The largest absolute Gasteiger partial charge is 0.494 e. The molecule has 1 fully saturated rings. The molecule has 4 heterocycles. The number of aromatic hydroxyl groups is 1. The van der Waals surface area contributed by atoms with E-state index in [2.05, 4.69) is 55.1 Å². The molecule has 35 heavy (non-hydrogen) atoms. The van der Waals surface area contributed by atoms with Crippen LogP contribution in [0, 0.1) is 0 Å². The highest BCUT2D eigenvalue weighted by Gasteiger charge is 2.18. The summed E-state index contributed by atoms with van der Waals surface area (Å²) in [6.07, 6.45) is 5.14. The highest BCUT2D eigenvalue weighted by Crippen LogP contribution is 2.34. The van der Waals surface area contributed by atoms with Crippen LogP contribution in [0.3, 0.4) is 0 Å². The smallest absolute Gasteiger partial charge is 0.199 e. The van der Waals surface area contributed by atoms with Gasteiger partial charge in [0.05, 0.1) is 42.1 Å². The molecule has 0 amide bonds. The minimum atomic E-state index is 0.0115. The van der Waals surface area contributed by atoms with E-state index in [1.807, 2.05) is 12.1 Å². The van der Waals surface area contributed by atoms with Gasteiger partial charge >= 0.3 is 0 Å². The Morgan fingerprint density at radius 2 is 1.97 bits per heavy atom. The normalized spacial score (nSPS) is 20.3. The van der Waals surface area contributed by atoms with Gasteiger partial charge in [-0.2, -0.15) is 0 Å². The summed E-state index contributed by atoms with van der Waals surface area (Å²) in [5.74, 6) is 1.50. The van der Waals surface area contributed by atoms with Crippen molar-refractivity contribution in [1.29, 1.82) is 0 Å². The third-order valence-corrected chi connectivity index (χ3v) is 6.78. The molecular weight excluding hydrogens is 446 g/mol. The molecule has 2 aromatic heterocycles. The number of anilines is 2. The van der Waals surface area contributed by atoms with Crippen LogP contribution in [0.1, 0.15) is 25.3 Å². The number of fused-ring (bicyclic) bond motifs is 2. The van der Waals surface area contributed by atoms with Gasteiger partial charge in [-0.25, -0.2) is 9.97 Å². The Balaban J connectivity index is 1.53. The summed E-state index contributed by atoms with van der Waals surface area (Å²) in [4.78, 5) is 21.0. The molecule has 1 unspecified atom stereocenters. The average molecular weight is 480 g/mol. The number of nitrogens with zero attached hydrogens (tertiary/aromatic N) is 5. The second-order valence-electron chi connectivity index (χ2n) is 9.09. The van der Waals surface area contributed by atoms with Gasteiger partial charge in [0, 0.05) is 44.5 Å². The van der Waals surface area contributed by atoms with E-state index in [1.165, 1.54) is 6.33 Å². The highest BCUT2D eigenvalue weighted by atomic mass is 16.5. The van der Waals surface area contributed by atoms with Gasteiger partial charge in [-0.05, 0) is 38.9 Å². The average Bonchev–Trinajstić information content (AvgIpc) is 3.20. The highest BCUT2D eigenvalue weighted by molar-refractivity contribution is 6.06. The monoisotopic (exact) mass is 479 g/mol. The first-order chi connectivity index (χ1) is 17.1. The van der Waals surface area contributed by atoms with E-state index in [9.17, 15) is 5.11 Å². The number of aliphatic imine (C=N–C) groups is 1. The van der Waals surface area contributed by atoms with Crippen LogP contribution in [0.5, 0.6) is 11.6 Å². The predicted octanol–water partition coefficient (Wildman–Crippen LogP) is 3.16. The fourth-order valence-electron chi connectivity index (χ4n) is 4.55. The van der Waals surface area contributed by atoms with Crippen LogP contribution in [0.4, 0.5) is 17.2 Å². The maximum Gasteiger partial charge on any atom is 0.199 e. The minimum Gasteiger partial charge on any atom is -0.494 e. The summed E-state index contributed by atoms with van der Waals surface area (Å²) >= 11 is 0. The number of aromatic nitrogens is 3. The van der Waals surface area contributed by atoms with Gasteiger partial charge in [0.2, 0.25) is 0 Å². The molecule has 2 bridgehead atoms. The zero-order chi connectivity index (χ0) is 24.2. The molecule has 0 radical (unpaired) electrons. The summed E-state index contributed by atoms with van der Waals surface area (Å²) in [7, 11) is 2.14. The van der Waals surface area contributed by atoms with Crippen molar-refractivity contribution in [3.05, 3.63) is 30.1 Å². The first-order valence-corrected chi connectivity index (χ1v) is 12.2. The summed E-state index contributed by atoms with van der Waals surface area (Å²) < 4.78 is 11.8. The first-order valence-electron chi connectivity index (χ1n) is 12.2. The van der Waals surface area contributed by atoms with Gasteiger partial charge in [0.25, 0.3) is 0 Å². The Labute approximate surface area is 205 Å². The number of hydrogen-bond acceptors (Lipinski definition) is 9. The number of aromatic amines is 1. The van der Waals surface area contributed by atoms with Crippen molar-refractivity contribution < 1.29 is 14.6 Å². The van der Waals surface area contributed by atoms with Gasteiger partial charge in [-0.15, -0.1) is 0 Å². The number of nitrogens with one attached hydrogen (secondary N) is 2. The van der Waals surface area contributed by atoms with Crippen molar-refractivity contribution in [3.63, 3.8) is 0 Å². The predicted molar refractivity (Wildman–Crippen MR) is 138 cm³/mol. The van der Waals surface area contributed by atoms with E-state index in [0.717, 1.165) is 61.5 Å². The third-order valence-electron chi connectivity index (χ3n) is 6.78. The molecule has 1 atom stereocenters. The lowest BCUT2D eigenvalue weighted by Gasteiger charge is -2.30. The van der Waals surface area contributed by atoms with Crippen molar-refractivity contribution in [2.24, 2.45) is 4.99 Å². The number of H-pyrrole nitrogens is 1. The van der Waals surface area contributed by atoms with Gasteiger partial charge in [-0.3, -0.25) is 4.99 Å². The molecule has 0 spiro atoms. The molecule has 3 aromatic rings. The molecule has 10 heteroatoms. The second kappa shape index (κ2) is 10.5. The Kier molecular flexibility index (Phi) is 7.01. The third kappa shape index (κ3) is 5.18. The van der Waals surface area contributed by atoms with Crippen molar-refractivity contribution >= 4 is 34.4 Å². The Morgan fingerprint density at radius 3 is 2.83 bits per heavy atom. The topological polar surface area (TPSA) is 111 Å². The Morgan fingerprint density at radius 1 is 1.11 bits per heavy atom. The SMILES string of the molecule is CC1CCCOc2cc(ccc2N2CCOCC2)N=Cc2c(O)[nH]c3ncnc(c23)NCCN1C. The molecule has 2 aliphatic heterocycles. The molecular formula is C25H33N7O3. The van der Waals surface area contributed by atoms with E-state index in [1.54, 1.807) is 6.21 Å². The fourth-order valence-corrected chi connectivity index (χ4v) is 4.55. The van der Waals surface area contributed by atoms with Crippen LogP contribution >= 0.6 is 0 Å². The molecule has 3 N–H and O–H groups in total. The van der Waals surface area contributed by atoms with Crippen LogP contribution in [0.2, 0.25) is 0 Å². The van der Waals surface area contributed by atoms with Crippen molar-refractivity contribution in [1.82, 2.24) is 19.9 Å². The number of likely N-dealkylation sites (N-methyl/N-ethyl adjacent to an activating group) is 1. The lowest BCUT2D eigenvalue weighted by atomic mass is 10.1. The molecule has 1 aromatic carbocycles. The van der Waals surface area contributed by atoms with E-state index in [-0.39, 0.29) is 5.88 Å². The first kappa shape index (κ1) is 23.4. The van der Waals surface area contributed by atoms with Gasteiger partial charge < -0.3 is 34.7 Å². The van der Waals surface area contributed by atoms with Crippen LogP contribution in [-0.2, 0) is 4.74 Å². The van der Waals surface area contributed by atoms with Gasteiger partial charge in [0.15, 0.2) is 5.88 Å². The van der Waals surface area contributed by atoms with Gasteiger partial charge in [0.1, 0.15) is 23.5 Å². The number of benzene rings is 1. The number of morpholine rings is 1. The number of rotatable bonds is 1. The number of ether oxygens (including phenoxy) is 2. The Hall–Kier alpha value is -3.37. The molecule has 10 nitrogen and oxygen atoms in total. The zero-order valence-electron chi connectivity index (χ0n) is 20.3. The van der Waals surface area contributed by atoms with Crippen LogP contribution in [0.15, 0.2) is 29.5 Å². The molecule has 0 saturated carbocycles. The van der Waals surface area contributed by atoms with Crippen molar-refractivity contribution in [2.45, 2.75) is 25.8 Å². The zero-order valence-corrected chi connectivity index (χ0v) is 20.3. The standard InChI is InChI=1S/C25H33N7O3/c1-17-4-3-11-35-21-14-18(5-6-20(21)32-9-12-34-13-10-32)27-15-19-22-23(26-7-8-31(17)2)28-16-29-24(22)30-25(19)33/h5-6,14-17,33H,3-4,7-13H2,1-2H3,(H2,26,28,29,30). The maximum absolute atomic E-state index is 10.6. The van der Waals surface area contributed by atoms with Gasteiger partial charge in [-0.1, -0.05) is 0 Å². The Bertz CT molecular complexity index is 1190. The molecule has 2 aliphatic rings. The van der Waals surface area contributed by atoms with Crippen molar-refractivity contribution in [2.75, 3.05) is 63.3 Å². The van der Waals surface area contributed by atoms with Crippen LogP contribution < -0.4 is 15.0 Å². The van der Waals surface area contributed by atoms with Crippen LogP contribution in [-0.4, -0.2) is 90.3 Å². The molecule has 0 aliphatic carbocycles. The number of hydrogen-bond donors (Lipinski definition) is 3. The second-order valence-corrected chi connectivity index (χ2v) is 9.09. The summed E-state index contributed by atoms with van der Waals surface area (Å²) in [6.45, 7) is 7.54. The molecule has 1 saturated heterocycles. The van der Waals surface area contributed by atoms with E-state index in [0.29, 0.717) is 42.9 Å². The summed E-state index contributed by atoms with van der Waals surface area (Å²) in [5, 5.41) is 14.7.